The van der Waals surface area contributed by atoms with E-state index in [9.17, 15) is 17.2 Å². The molecule has 0 aliphatic heterocycles. The second kappa shape index (κ2) is 5.73. The fourth-order valence-electron chi connectivity index (χ4n) is 1.34. The molecule has 1 atom stereocenters. The van der Waals surface area contributed by atoms with Crippen LogP contribution in [0, 0.1) is 11.6 Å². The molecule has 18 heavy (non-hydrogen) atoms. The smallest absolute Gasteiger partial charge is 0.218 e. The van der Waals surface area contributed by atoms with Crippen LogP contribution in [0.25, 0.3) is 0 Å². The molecule has 1 rings (SSSR count). The van der Waals surface area contributed by atoms with E-state index < -0.39 is 39.0 Å². The van der Waals surface area contributed by atoms with Crippen molar-refractivity contribution in [1.29, 1.82) is 0 Å². The van der Waals surface area contributed by atoms with E-state index in [0.29, 0.717) is 0 Å². The van der Waals surface area contributed by atoms with Crippen molar-refractivity contribution < 1.29 is 22.3 Å². The first-order chi connectivity index (χ1) is 8.29. The number of benzene rings is 1. The third-order valence-corrected chi connectivity index (χ3v) is 4.60. The highest BCUT2D eigenvalue weighted by molar-refractivity contribution is 7.88. The molecule has 0 radical (unpaired) electrons. The number of aliphatic hydroxyl groups excluding tert-OH is 1. The van der Waals surface area contributed by atoms with Crippen molar-refractivity contribution >= 4 is 10.0 Å². The van der Waals surface area contributed by atoms with E-state index in [1.807, 2.05) is 0 Å². The number of rotatable bonds is 5. The van der Waals surface area contributed by atoms with E-state index in [4.69, 9.17) is 5.11 Å². The molecule has 4 nitrogen and oxygen atoms in total. The molecule has 0 aliphatic rings. The van der Waals surface area contributed by atoms with Crippen molar-refractivity contribution in [2.24, 2.45) is 0 Å². The summed E-state index contributed by atoms with van der Waals surface area (Å²) >= 11 is 0. The average Bonchev–Trinajstić information content (AvgIpc) is 2.32. The minimum absolute atomic E-state index is 0.366. The van der Waals surface area contributed by atoms with Gasteiger partial charge in [-0.3, -0.25) is 0 Å². The number of likely N-dealkylation sites (N-methyl/N-ethyl adjacent to an activating group) is 1. The first kappa shape index (κ1) is 15.0. The number of sulfonamides is 1. The van der Waals surface area contributed by atoms with Gasteiger partial charge >= 0.3 is 0 Å². The summed E-state index contributed by atoms with van der Waals surface area (Å²) in [6, 6.07) is 2.53. The summed E-state index contributed by atoms with van der Waals surface area (Å²) in [5.74, 6) is -2.57. The number of hydrogen-bond donors (Lipinski definition) is 1. The highest BCUT2D eigenvalue weighted by atomic mass is 32.2. The number of halogens is 2. The van der Waals surface area contributed by atoms with Gasteiger partial charge in [0.25, 0.3) is 0 Å². The lowest BCUT2D eigenvalue weighted by Gasteiger charge is -2.22. The molecule has 0 aliphatic carbocycles. The predicted molar refractivity (Wildman–Crippen MR) is 63.3 cm³/mol. The fraction of sp³-hybridized carbons (Fsp3) is 0.455. The maximum absolute atomic E-state index is 13.4. The van der Waals surface area contributed by atoms with E-state index in [2.05, 4.69) is 0 Å². The van der Waals surface area contributed by atoms with Gasteiger partial charge in [-0.1, -0.05) is 6.07 Å². The van der Waals surface area contributed by atoms with Crippen molar-refractivity contribution in [2.45, 2.75) is 18.7 Å². The van der Waals surface area contributed by atoms with Crippen LogP contribution in [-0.4, -0.2) is 37.5 Å². The lowest BCUT2D eigenvalue weighted by Crippen LogP contribution is -2.38. The lowest BCUT2D eigenvalue weighted by atomic mass is 10.2. The van der Waals surface area contributed by atoms with Crippen molar-refractivity contribution in [3.63, 3.8) is 0 Å². The Kier molecular flexibility index (Phi) is 4.78. The van der Waals surface area contributed by atoms with Gasteiger partial charge in [0.2, 0.25) is 10.0 Å². The third-order valence-electron chi connectivity index (χ3n) is 2.71. The SMILES string of the molecule is CC(CO)N(C)S(=O)(=O)Cc1c(F)cccc1F. The zero-order valence-electron chi connectivity index (χ0n) is 10.1. The average molecular weight is 279 g/mol. The zero-order valence-corrected chi connectivity index (χ0v) is 10.9. The van der Waals surface area contributed by atoms with E-state index in [0.717, 1.165) is 16.4 Å². The molecule has 102 valence electrons. The van der Waals surface area contributed by atoms with Crippen LogP contribution in [0.4, 0.5) is 8.78 Å². The van der Waals surface area contributed by atoms with Crippen molar-refractivity contribution in [3.8, 4) is 0 Å². The highest BCUT2D eigenvalue weighted by Crippen LogP contribution is 2.18. The third kappa shape index (κ3) is 3.24. The molecule has 7 heteroatoms. The van der Waals surface area contributed by atoms with Crippen molar-refractivity contribution in [1.82, 2.24) is 4.31 Å². The summed E-state index contributed by atoms with van der Waals surface area (Å²) in [6.45, 7) is 1.13. The largest absolute Gasteiger partial charge is 0.395 e. The van der Waals surface area contributed by atoms with Crippen LogP contribution in [0.1, 0.15) is 12.5 Å². The first-order valence-electron chi connectivity index (χ1n) is 5.29. The lowest BCUT2D eigenvalue weighted by molar-refractivity contribution is 0.213. The summed E-state index contributed by atoms with van der Waals surface area (Å²) < 4.78 is 51.4. The Morgan fingerprint density at radius 3 is 2.28 bits per heavy atom. The van der Waals surface area contributed by atoms with E-state index >= 15 is 0 Å². The molecule has 1 N–H and O–H groups in total. The van der Waals surface area contributed by atoms with E-state index in [1.165, 1.54) is 20.0 Å². The Hall–Kier alpha value is -1.05. The number of aliphatic hydroxyl groups is 1. The van der Waals surface area contributed by atoms with Crippen LogP contribution in [0.15, 0.2) is 18.2 Å². The Labute approximate surface area is 105 Å². The second-order valence-corrected chi connectivity index (χ2v) is 6.03. The molecule has 1 unspecified atom stereocenters. The molecule has 0 saturated heterocycles. The molecule has 1 aromatic carbocycles. The maximum Gasteiger partial charge on any atom is 0.218 e. The molecule has 0 heterocycles. The summed E-state index contributed by atoms with van der Waals surface area (Å²) in [6.07, 6.45) is 0. The van der Waals surface area contributed by atoms with Crippen LogP contribution < -0.4 is 0 Å². The fourth-order valence-corrected chi connectivity index (χ4v) is 2.80. The minimum Gasteiger partial charge on any atom is -0.395 e. The van der Waals surface area contributed by atoms with Gasteiger partial charge in [-0.2, -0.15) is 4.31 Å². The van der Waals surface area contributed by atoms with Gasteiger partial charge in [0.05, 0.1) is 12.4 Å². The quantitative estimate of drug-likeness (QED) is 0.878. The van der Waals surface area contributed by atoms with Gasteiger partial charge in [0, 0.05) is 18.7 Å². The molecule has 0 saturated carbocycles. The van der Waals surface area contributed by atoms with Gasteiger partial charge in [-0.25, -0.2) is 17.2 Å². The van der Waals surface area contributed by atoms with Gasteiger partial charge in [0.1, 0.15) is 11.6 Å². The standard InChI is InChI=1S/C11H15F2NO3S/c1-8(6-15)14(2)18(16,17)7-9-10(12)4-3-5-11(9)13/h3-5,8,15H,6-7H2,1-2H3. The molecular formula is C11H15F2NO3S. The van der Waals surface area contributed by atoms with Crippen LogP contribution in [0.3, 0.4) is 0 Å². The summed E-state index contributed by atoms with van der Waals surface area (Å²) in [5, 5.41) is 8.89. The summed E-state index contributed by atoms with van der Waals surface area (Å²) in [4.78, 5) is 0. The normalized spacial score (nSPS) is 13.9. The Morgan fingerprint density at radius 1 is 1.33 bits per heavy atom. The first-order valence-corrected chi connectivity index (χ1v) is 6.90. The van der Waals surface area contributed by atoms with Crippen LogP contribution >= 0.6 is 0 Å². The molecule has 0 spiro atoms. The predicted octanol–water partition coefficient (Wildman–Crippen LogP) is 1.11. The van der Waals surface area contributed by atoms with Crippen LogP contribution in [0.5, 0.6) is 0 Å². The van der Waals surface area contributed by atoms with Crippen molar-refractivity contribution in [2.75, 3.05) is 13.7 Å². The number of nitrogens with zero attached hydrogens (tertiary/aromatic N) is 1. The summed E-state index contributed by atoms with van der Waals surface area (Å²) in [7, 11) is -2.62. The topological polar surface area (TPSA) is 57.6 Å². The maximum atomic E-state index is 13.4. The van der Waals surface area contributed by atoms with Crippen molar-refractivity contribution in [3.05, 3.63) is 35.4 Å². The van der Waals surface area contributed by atoms with E-state index in [-0.39, 0.29) is 6.61 Å². The van der Waals surface area contributed by atoms with Gasteiger partial charge in [0.15, 0.2) is 0 Å². The van der Waals surface area contributed by atoms with E-state index in [1.54, 1.807) is 0 Å². The molecular weight excluding hydrogens is 264 g/mol. The van der Waals surface area contributed by atoms with Crippen LogP contribution in [-0.2, 0) is 15.8 Å². The Balaban J connectivity index is 3.03. The van der Waals surface area contributed by atoms with Gasteiger partial charge in [-0.15, -0.1) is 0 Å². The Morgan fingerprint density at radius 2 is 1.83 bits per heavy atom. The molecule has 0 bridgehead atoms. The molecule has 0 fully saturated rings. The van der Waals surface area contributed by atoms with Crippen LogP contribution in [0.2, 0.25) is 0 Å². The Bertz CT molecular complexity index is 499. The second-order valence-electron chi connectivity index (χ2n) is 4.00. The summed E-state index contributed by atoms with van der Waals surface area (Å²) in [5.41, 5.74) is -0.491. The zero-order chi connectivity index (χ0) is 13.9. The van der Waals surface area contributed by atoms with Gasteiger partial charge in [-0.05, 0) is 19.1 Å². The molecule has 0 amide bonds. The molecule has 1 aromatic rings. The number of hydrogen-bond acceptors (Lipinski definition) is 3. The van der Waals surface area contributed by atoms with Gasteiger partial charge < -0.3 is 5.11 Å². The monoisotopic (exact) mass is 279 g/mol. The minimum atomic E-state index is -3.88. The molecule has 0 aromatic heterocycles. The highest BCUT2D eigenvalue weighted by Gasteiger charge is 2.25.